The molecule has 0 aromatic heterocycles. The van der Waals surface area contributed by atoms with Crippen LogP contribution in [0.4, 0.5) is 4.79 Å². The van der Waals surface area contributed by atoms with E-state index in [0.717, 1.165) is 12.3 Å². The van der Waals surface area contributed by atoms with Crippen molar-refractivity contribution in [3.63, 3.8) is 0 Å². The van der Waals surface area contributed by atoms with Crippen molar-refractivity contribution in [2.24, 2.45) is 28.1 Å². The molecule has 2 unspecified atom stereocenters. The molecule has 1 fully saturated rings. The number of nitrogens with two attached hydrogens (primary N) is 1. The Kier molecular flexibility index (Phi) is 3.72. The fraction of sp³-hybridized carbons (Fsp3) is 0.818. The highest BCUT2D eigenvalue weighted by Gasteiger charge is 2.45. The lowest BCUT2D eigenvalue weighted by molar-refractivity contribution is -0.0168. The molecule has 0 bridgehead atoms. The molecule has 2 atom stereocenters. The van der Waals surface area contributed by atoms with Crippen molar-refractivity contribution in [2.75, 3.05) is 0 Å². The highest BCUT2D eigenvalue weighted by Crippen LogP contribution is 2.53. The number of hydrogen-bond donors (Lipinski definition) is 2. The Morgan fingerprint density at radius 1 is 1.60 bits per heavy atom. The first-order valence-electron chi connectivity index (χ1n) is 5.55. The van der Waals surface area contributed by atoms with Gasteiger partial charge in [0.15, 0.2) is 0 Å². The summed E-state index contributed by atoms with van der Waals surface area (Å²) in [6, 6.07) is -0.606. The van der Waals surface area contributed by atoms with E-state index in [-0.39, 0.29) is 0 Å². The number of nitrogens with one attached hydrogen (secondary N) is 1. The average Bonchev–Trinajstić information content (AvgIpc) is 2.15. The molecule has 3 N–H and O–H groups in total. The minimum absolute atomic E-state index is 0.410. The molecule has 1 saturated carbocycles. The van der Waals surface area contributed by atoms with Gasteiger partial charge in [-0.3, -0.25) is 0 Å². The minimum Gasteiger partial charge on any atom is -0.350 e. The van der Waals surface area contributed by atoms with E-state index < -0.39 is 6.03 Å². The van der Waals surface area contributed by atoms with Crippen molar-refractivity contribution < 1.29 is 4.79 Å². The zero-order valence-electron chi connectivity index (χ0n) is 9.79. The number of urea groups is 1. The second-order valence-electron chi connectivity index (χ2n) is 4.88. The highest BCUT2D eigenvalue weighted by atomic mass is 16.2. The Balaban J connectivity index is 2.30. The summed E-state index contributed by atoms with van der Waals surface area (Å²) in [5.41, 5.74) is 7.51. The van der Waals surface area contributed by atoms with Gasteiger partial charge in [-0.2, -0.15) is 5.10 Å². The molecule has 0 heterocycles. The van der Waals surface area contributed by atoms with Gasteiger partial charge in [0.1, 0.15) is 0 Å². The second kappa shape index (κ2) is 4.64. The van der Waals surface area contributed by atoms with E-state index in [4.69, 9.17) is 5.73 Å². The third-order valence-corrected chi connectivity index (χ3v) is 3.82. The summed E-state index contributed by atoms with van der Waals surface area (Å²) in [7, 11) is 0. The number of carbonyl (C=O) groups is 1. The Labute approximate surface area is 91.3 Å². The second-order valence-corrected chi connectivity index (χ2v) is 4.88. The summed E-state index contributed by atoms with van der Waals surface area (Å²) in [5, 5.41) is 3.76. The van der Waals surface area contributed by atoms with Crippen LogP contribution in [0.1, 0.15) is 40.0 Å². The van der Waals surface area contributed by atoms with Crippen LogP contribution in [0.3, 0.4) is 0 Å². The molecule has 15 heavy (non-hydrogen) atoms. The minimum atomic E-state index is -0.606. The summed E-state index contributed by atoms with van der Waals surface area (Å²) < 4.78 is 0. The number of rotatable bonds is 4. The van der Waals surface area contributed by atoms with E-state index in [2.05, 4.69) is 31.3 Å². The monoisotopic (exact) mass is 211 g/mol. The van der Waals surface area contributed by atoms with Gasteiger partial charge in [0.25, 0.3) is 0 Å². The van der Waals surface area contributed by atoms with Crippen molar-refractivity contribution in [3.05, 3.63) is 0 Å². The lowest BCUT2D eigenvalue weighted by Crippen LogP contribution is -2.44. The first-order chi connectivity index (χ1) is 6.98. The van der Waals surface area contributed by atoms with E-state index in [0.29, 0.717) is 11.3 Å². The van der Waals surface area contributed by atoms with Crippen LogP contribution in [0, 0.1) is 17.3 Å². The van der Waals surface area contributed by atoms with E-state index in [1.165, 1.54) is 12.8 Å². The van der Waals surface area contributed by atoms with E-state index >= 15 is 0 Å². The van der Waals surface area contributed by atoms with Gasteiger partial charge in [-0.05, 0) is 30.1 Å². The number of amides is 2. The predicted molar refractivity (Wildman–Crippen MR) is 61.5 cm³/mol. The van der Waals surface area contributed by atoms with Crippen LogP contribution in [-0.2, 0) is 0 Å². The van der Waals surface area contributed by atoms with Crippen LogP contribution in [0.2, 0.25) is 0 Å². The molecule has 2 amide bonds. The lowest BCUT2D eigenvalue weighted by atomic mass is 9.53. The normalized spacial score (nSPS) is 28.7. The van der Waals surface area contributed by atoms with Crippen molar-refractivity contribution in [1.82, 2.24) is 5.43 Å². The molecule has 0 radical (unpaired) electrons. The Hall–Kier alpha value is -1.06. The summed E-state index contributed by atoms with van der Waals surface area (Å²) in [4.78, 5) is 10.4. The van der Waals surface area contributed by atoms with Crippen molar-refractivity contribution in [3.8, 4) is 0 Å². The third kappa shape index (κ3) is 2.70. The van der Waals surface area contributed by atoms with E-state index in [9.17, 15) is 4.79 Å². The molecule has 0 aromatic carbocycles. The first-order valence-corrected chi connectivity index (χ1v) is 5.55. The Bertz CT molecular complexity index is 261. The van der Waals surface area contributed by atoms with Gasteiger partial charge in [-0.15, -0.1) is 0 Å². The van der Waals surface area contributed by atoms with Crippen LogP contribution in [0.15, 0.2) is 5.10 Å². The maximum atomic E-state index is 10.4. The van der Waals surface area contributed by atoms with Crippen LogP contribution >= 0.6 is 0 Å². The summed E-state index contributed by atoms with van der Waals surface area (Å²) in [5.74, 6) is 1.51. The van der Waals surface area contributed by atoms with Gasteiger partial charge in [-0.1, -0.05) is 27.2 Å². The van der Waals surface area contributed by atoms with E-state index in [1.807, 2.05) is 0 Å². The lowest BCUT2D eigenvalue weighted by Gasteiger charge is -2.52. The molecule has 86 valence electrons. The zero-order valence-corrected chi connectivity index (χ0v) is 9.79. The molecule has 0 aromatic rings. The zero-order chi connectivity index (χ0) is 11.5. The third-order valence-electron chi connectivity index (χ3n) is 3.82. The largest absolute Gasteiger partial charge is 0.350 e. The number of carbonyl (C=O) groups excluding carboxylic acids is 1. The molecular weight excluding hydrogens is 190 g/mol. The molecule has 0 spiro atoms. The molecule has 0 saturated heterocycles. The van der Waals surface area contributed by atoms with Crippen LogP contribution in [0.25, 0.3) is 0 Å². The summed E-state index contributed by atoms with van der Waals surface area (Å²) in [6.45, 7) is 6.86. The highest BCUT2D eigenvalue weighted by molar-refractivity contribution is 5.72. The smallest absolute Gasteiger partial charge is 0.332 e. The fourth-order valence-corrected chi connectivity index (χ4v) is 2.51. The number of hydrazone groups is 1. The standard InChI is InChI=1S/C11H21N3O/c1-4-8-7-9(11(8,2)3)5-6-13-14-10(12)15/h6,8-9H,4-5,7H2,1-3H3,(H3,12,14,15)/b13-6+. The molecule has 1 rings (SSSR count). The maximum absolute atomic E-state index is 10.4. The molecule has 4 heteroatoms. The van der Waals surface area contributed by atoms with Crippen molar-refractivity contribution in [1.29, 1.82) is 0 Å². The van der Waals surface area contributed by atoms with E-state index in [1.54, 1.807) is 6.21 Å². The van der Waals surface area contributed by atoms with Crippen LogP contribution in [0.5, 0.6) is 0 Å². The predicted octanol–water partition coefficient (Wildman–Crippen LogP) is 2.10. The van der Waals surface area contributed by atoms with Gasteiger partial charge >= 0.3 is 6.03 Å². The molecule has 0 aliphatic heterocycles. The van der Waals surface area contributed by atoms with Crippen molar-refractivity contribution in [2.45, 2.75) is 40.0 Å². The van der Waals surface area contributed by atoms with Crippen molar-refractivity contribution >= 4 is 12.2 Å². The number of primary amides is 1. The Morgan fingerprint density at radius 3 is 2.73 bits per heavy atom. The number of nitrogens with zero attached hydrogens (tertiary/aromatic N) is 1. The summed E-state index contributed by atoms with van der Waals surface area (Å²) in [6.07, 6.45) is 5.19. The molecular formula is C11H21N3O. The van der Waals surface area contributed by atoms with Gasteiger partial charge in [0.2, 0.25) is 0 Å². The van der Waals surface area contributed by atoms with Gasteiger partial charge in [0, 0.05) is 6.21 Å². The number of hydrogen-bond acceptors (Lipinski definition) is 2. The average molecular weight is 211 g/mol. The Morgan fingerprint density at radius 2 is 2.27 bits per heavy atom. The topological polar surface area (TPSA) is 67.5 Å². The molecule has 4 nitrogen and oxygen atoms in total. The van der Waals surface area contributed by atoms with Gasteiger partial charge in [0.05, 0.1) is 0 Å². The summed E-state index contributed by atoms with van der Waals surface area (Å²) >= 11 is 0. The van der Waals surface area contributed by atoms with Crippen LogP contribution < -0.4 is 11.2 Å². The van der Waals surface area contributed by atoms with Gasteiger partial charge in [-0.25, -0.2) is 10.2 Å². The van der Waals surface area contributed by atoms with Gasteiger partial charge < -0.3 is 5.73 Å². The quantitative estimate of drug-likeness (QED) is 0.542. The fourth-order valence-electron chi connectivity index (χ4n) is 2.51. The van der Waals surface area contributed by atoms with Crippen LogP contribution in [-0.4, -0.2) is 12.2 Å². The first kappa shape index (κ1) is 12.0. The SMILES string of the molecule is CCC1CC(C/C=N/NC(N)=O)C1(C)C. The maximum Gasteiger partial charge on any atom is 0.332 e. The molecule has 1 aliphatic carbocycles. The molecule has 1 aliphatic rings.